The van der Waals surface area contributed by atoms with Gasteiger partial charge in [0, 0.05) is 5.92 Å². The van der Waals surface area contributed by atoms with Gasteiger partial charge in [0.05, 0.1) is 0 Å². The van der Waals surface area contributed by atoms with Crippen molar-refractivity contribution in [3.63, 3.8) is 0 Å². The summed E-state index contributed by atoms with van der Waals surface area (Å²) < 4.78 is 0. The summed E-state index contributed by atoms with van der Waals surface area (Å²) in [6.07, 6.45) is 2.20. The maximum atomic E-state index is 8.94. The Labute approximate surface area is 43.3 Å². The third-order valence-corrected chi connectivity index (χ3v) is 1.40. The highest BCUT2D eigenvalue weighted by Gasteiger charge is 2.36. The summed E-state index contributed by atoms with van der Waals surface area (Å²) in [4.78, 5) is 0. The molecule has 0 saturated heterocycles. The van der Waals surface area contributed by atoms with Gasteiger partial charge in [-0.1, -0.05) is 0 Å². The molecule has 1 saturated carbocycles. The molecule has 1 aliphatic rings. The number of hydrogen-bond acceptors (Lipinski definition) is 2. The first-order valence-electron chi connectivity index (χ1n) is 2.62. The molecule has 42 valence electrons. The lowest BCUT2D eigenvalue weighted by molar-refractivity contribution is 0.0437. The molecular formula is C5H11NO. The van der Waals surface area contributed by atoms with Crippen LogP contribution in [0.3, 0.4) is 0 Å². The summed E-state index contributed by atoms with van der Waals surface area (Å²) in [5, 5.41) is 8.94. The van der Waals surface area contributed by atoms with Crippen molar-refractivity contribution in [3.05, 3.63) is 0 Å². The van der Waals surface area contributed by atoms with Gasteiger partial charge in [-0.25, -0.2) is 0 Å². The lowest BCUT2D eigenvalue weighted by Gasteiger charge is -2.14. The monoisotopic (exact) mass is 101 g/mol. The van der Waals surface area contributed by atoms with Gasteiger partial charge in [-0.3, -0.25) is 0 Å². The summed E-state index contributed by atoms with van der Waals surface area (Å²) in [5.41, 5.74) is 4.41. The zero-order valence-corrected chi connectivity index (χ0v) is 4.52. The first-order chi connectivity index (χ1) is 3.11. The van der Waals surface area contributed by atoms with Crippen LogP contribution in [-0.4, -0.2) is 10.8 Å². The molecule has 0 spiro atoms. The Balaban J connectivity index is 2.36. The van der Waals surface area contributed by atoms with Crippen molar-refractivity contribution < 1.29 is 5.11 Å². The van der Waals surface area contributed by atoms with E-state index in [2.05, 4.69) is 0 Å². The van der Waals surface area contributed by atoms with Gasteiger partial charge in [-0.2, -0.15) is 0 Å². The van der Waals surface area contributed by atoms with E-state index < -0.39 is 5.72 Å². The molecular weight excluding hydrogens is 90.1 g/mol. The topological polar surface area (TPSA) is 46.2 Å². The molecule has 2 heteroatoms. The van der Waals surface area contributed by atoms with Gasteiger partial charge in [-0.05, 0) is 19.8 Å². The molecule has 2 nitrogen and oxygen atoms in total. The molecule has 1 aliphatic carbocycles. The lowest BCUT2D eigenvalue weighted by Crippen LogP contribution is -2.37. The van der Waals surface area contributed by atoms with E-state index in [1.807, 2.05) is 0 Å². The highest BCUT2D eigenvalue weighted by molar-refractivity contribution is 4.86. The van der Waals surface area contributed by atoms with Crippen LogP contribution >= 0.6 is 0 Å². The zero-order valence-electron chi connectivity index (χ0n) is 4.52. The molecule has 1 fully saturated rings. The maximum Gasteiger partial charge on any atom is 0.113 e. The predicted molar refractivity (Wildman–Crippen MR) is 27.5 cm³/mol. The predicted octanol–water partition coefficient (Wildman–Crippen LogP) is 0.0636. The first-order valence-corrected chi connectivity index (χ1v) is 2.62. The summed E-state index contributed by atoms with van der Waals surface area (Å²) in [6, 6.07) is 0. The summed E-state index contributed by atoms with van der Waals surface area (Å²) in [7, 11) is 0. The fourth-order valence-corrected chi connectivity index (χ4v) is 0.668. The van der Waals surface area contributed by atoms with Crippen molar-refractivity contribution in [2.45, 2.75) is 25.5 Å². The highest BCUT2D eigenvalue weighted by atomic mass is 16.3. The SMILES string of the molecule is CC(N)(O)C1CC1. The van der Waals surface area contributed by atoms with E-state index in [1.165, 1.54) is 0 Å². The lowest BCUT2D eigenvalue weighted by atomic mass is 10.2. The number of nitrogens with two attached hydrogens (primary N) is 1. The van der Waals surface area contributed by atoms with Crippen LogP contribution in [0, 0.1) is 5.92 Å². The molecule has 0 radical (unpaired) electrons. The largest absolute Gasteiger partial charge is 0.376 e. The van der Waals surface area contributed by atoms with E-state index >= 15 is 0 Å². The van der Waals surface area contributed by atoms with Crippen LogP contribution in [0.1, 0.15) is 19.8 Å². The second-order valence-electron chi connectivity index (χ2n) is 2.50. The molecule has 0 aromatic carbocycles. The molecule has 7 heavy (non-hydrogen) atoms. The molecule has 1 unspecified atom stereocenters. The third-order valence-electron chi connectivity index (χ3n) is 1.40. The molecule has 0 amide bonds. The average Bonchev–Trinajstić information content (AvgIpc) is 1.99. The van der Waals surface area contributed by atoms with E-state index in [0.717, 1.165) is 12.8 Å². The van der Waals surface area contributed by atoms with E-state index in [1.54, 1.807) is 6.92 Å². The Hall–Kier alpha value is -0.0800. The van der Waals surface area contributed by atoms with Gasteiger partial charge in [0.15, 0.2) is 0 Å². The summed E-state index contributed by atoms with van der Waals surface area (Å²) in [6.45, 7) is 1.66. The average molecular weight is 101 g/mol. The fraction of sp³-hybridized carbons (Fsp3) is 1.00. The van der Waals surface area contributed by atoms with E-state index in [-0.39, 0.29) is 0 Å². The van der Waals surface area contributed by atoms with Gasteiger partial charge < -0.3 is 10.8 Å². The van der Waals surface area contributed by atoms with E-state index in [0.29, 0.717) is 5.92 Å². The quantitative estimate of drug-likeness (QED) is 0.459. The molecule has 3 N–H and O–H groups in total. The van der Waals surface area contributed by atoms with Crippen LogP contribution < -0.4 is 5.73 Å². The van der Waals surface area contributed by atoms with Crippen LogP contribution in [0.5, 0.6) is 0 Å². The standard InChI is InChI=1S/C5H11NO/c1-5(6,7)4-2-3-4/h4,7H,2-3,6H2,1H3. The Morgan fingerprint density at radius 3 is 2.14 bits per heavy atom. The number of aliphatic hydroxyl groups is 1. The van der Waals surface area contributed by atoms with Crippen molar-refractivity contribution in [1.82, 2.24) is 0 Å². The molecule has 1 atom stereocenters. The van der Waals surface area contributed by atoms with Crippen LogP contribution in [0.2, 0.25) is 0 Å². The van der Waals surface area contributed by atoms with Gasteiger partial charge in [-0.15, -0.1) is 0 Å². The smallest absolute Gasteiger partial charge is 0.113 e. The Morgan fingerprint density at radius 1 is 1.71 bits per heavy atom. The minimum Gasteiger partial charge on any atom is -0.376 e. The third kappa shape index (κ3) is 1.14. The first kappa shape index (κ1) is 5.06. The van der Waals surface area contributed by atoms with Crippen LogP contribution in [0.15, 0.2) is 0 Å². The Kier molecular flexibility index (Phi) is 0.869. The van der Waals surface area contributed by atoms with Crippen LogP contribution in [-0.2, 0) is 0 Å². The van der Waals surface area contributed by atoms with Gasteiger partial charge in [0.25, 0.3) is 0 Å². The Bertz CT molecular complexity index is 70.6. The Morgan fingerprint density at radius 2 is 2.14 bits per heavy atom. The minimum atomic E-state index is -0.889. The summed E-state index contributed by atoms with van der Waals surface area (Å²) >= 11 is 0. The van der Waals surface area contributed by atoms with Gasteiger partial charge in [0.2, 0.25) is 0 Å². The fourth-order valence-electron chi connectivity index (χ4n) is 0.668. The molecule has 0 bridgehead atoms. The van der Waals surface area contributed by atoms with Crippen molar-refractivity contribution >= 4 is 0 Å². The number of rotatable bonds is 1. The van der Waals surface area contributed by atoms with Crippen molar-refractivity contribution in [2.75, 3.05) is 0 Å². The zero-order chi connectivity index (χ0) is 5.49. The molecule has 0 aromatic rings. The van der Waals surface area contributed by atoms with E-state index in [4.69, 9.17) is 10.8 Å². The van der Waals surface area contributed by atoms with Gasteiger partial charge >= 0.3 is 0 Å². The van der Waals surface area contributed by atoms with Crippen molar-refractivity contribution in [2.24, 2.45) is 11.7 Å². The maximum absolute atomic E-state index is 8.94. The van der Waals surface area contributed by atoms with Crippen LogP contribution in [0.4, 0.5) is 0 Å². The molecule has 0 heterocycles. The molecule has 1 rings (SSSR count). The second-order valence-corrected chi connectivity index (χ2v) is 2.50. The van der Waals surface area contributed by atoms with Crippen molar-refractivity contribution in [1.29, 1.82) is 0 Å². The summed E-state index contributed by atoms with van der Waals surface area (Å²) in [5.74, 6) is 0.382. The second kappa shape index (κ2) is 1.20. The van der Waals surface area contributed by atoms with Crippen molar-refractivity contribution in [3.8, 4) is 0 Å². The van der Waals surface area contributed by atoms with Crippen LogP contribution in [0.25, 0.3) is 0 Å². The normalized spacial score (nSPS) is 29.6. The molecule has 0 aromatic heterocycles. The minimum absolute atomic E-state index is 0.382. The molecule has 0 aliphatic heterocycles. The number of hydrogen-bond donors (Lipinski definition) is 2. The van der Waals surface area contributed by atoms with Gasteiger partial charge in [0.1, 0.15) is 5.72 Å². The van der Waals surface area contributed by atoms with E-state index in [9.17, 15) is 0 Å². The highest BCUT2D eigenvalue weighted by Crippen LogP contribution is 2.36.